The quantitative estimate of drug-likeness (QED) is 0.194. The molecule has 1 fully saturated rings. The van der Waals surface area contributed by atoms with Crippen molar-refractivity contribution in [3.05, 3.63) is 0 Å². The second-order valence-corrected chi connectivity index (χ2v) is 6.62. The van der Waals surface area contributed by atoms with Crippen LogP contribution in [0.4, 0.5) is 0 Å². The SMILES string of the molecule is CCCCOCCNC(=NCC1(CCO)CCCCC1)NCC.I. The number of hydrogen-bond acceptors (Lipinski definition) is 3. The molecular weight excluding hydrogens is 417 g/mol. The third kappa shape index (κ3) is 10.0. The summed E-state index contributed by atoms with van der Waals surface area (Å²) in [6.45, 7) is 8.52. The molecule has 144 valence electrons. The number of halogens is 1. The molecule has 0 unspecified atom stereocenters. The molecule has 1 aliphatic rings. The number of aliphatic hydroxyl groups excluding tert-OH is 1. The normalized spacial score (nSPS) is 17.2. The Bertz CT molecular complexity index is 316. The molecule has 0 amide bonds. The molecule has 3 N–H and O–H groups in total. The maximum Gasteiger partial charge on any atom is 0.191 e. The van der Waals surface area contributed by atoms with E-state index in [9.17, 15) is 5.11 Å². The second kappa shape index (κ2) is 15.2. The second-order valence-electron chi connectivity index (χ2n) is 6.62. The molecule has 6 heteroatoms. The number of aliphatic hydroxyl groups is 1. The average molecular weight is 455 g/mol. The average Bonchev–Trinajstić information content (AvgIpc) is 2.57. The highest BCUT2D eigenvalue weighted by atomic mass is 127. The lowest BCUT2D eigenvalue weighted by Crippen LogP contribution is -2.40. The molecule has 0 radical (unpaired) electrons. The van der Waals surface area contributed by atoms with Crippen LogP contribution >= 0.6 is 24.0 Å². The van der Waals surface area contributed by atoms with Gasteiger partial charge < -0.3 is 20.5 Å². The van der Waals surface area contributed by atoms with Gasteiger partial charge >= 0.3 is 0 Å². The minimum atomic E-state index is 0. The van der Waals surface area contributed by atoms with Gasteiger partial charge in [-0.15, -0.1) is 24.0 Å². The zero-order valence-electron chi connectivity index (χ0n) is 15.6. The smallest absolute Gasteiger partial charge is 0.191 e. The van der Waals surface area contributed by atoms with E-state index in [0.29, 0.717) is 6.61 Å². The van der Waals surface area contributed by atoms with Gasteiger partial charge in [-0.1, -0.05) is 32.6 Å². The highest BCUT2D eigenvalue weighted by Gasteiger charge is 2.31. The first-order valence-corrected chi connectivity index (χ1v) is 9.47. The van der Waals surface area contributed by atoms with E-state index in [4.69, 9.17) is 9.73 Å². The van der Waals surface area contributed by atoms with Crippen LogP contribution in [0.1, 0.15) is 65.2 Å². The monoisotopic (exact) mass is 455 g/mol. The molecule has 1 saturated carbocycles. The highest BCUT2D eigenvalue weighted by molar-refractivity contribution is 14.0. The lowest BCUT2D eigenvalue weighted by atomic mass is 9.72. The molecule has 0 bridgehead atoms. The van der Waals surface area contributed by atoms with Gasteiger partial charge in [0.15, 0.2) is 5.96 Å². The van der Waals surface area contributed by atoms with E-state index in [1.54, 1.807) is 0 Å². The first kappa shape index (κ1) is 23.9. The van der Waals surface area contributed by atoms with Crippen molar-refractivity contribution in [1.29, 1.82) is 0 Å². The molecule has 0 aromatic rings. The van der Waals surface area contributed by atoms with Gasteiger partial charge in [-0.05, 0) is 38.0 Å². The largest absolute Gasteiger partial charge is 0.396 e. The van der Waals surface area contributed by atoms with Crippen LogP contribution in [-0.2, 0) is 4.74 Å². The van der Waals surface area contributed by atoms with Gasteiger partial charge in [-0.3, -0.25) is 4.99 Å². The fourth-order valence-electron chi connectivity index (χ4n) is 3.20. The lowest BCUT2D eigenvalue weighted by Gasteiger charge is -2.35. The Kier molecular flexibility index (Phi) is 15.1. The molecule has 0 aliphatic heterocycles. The summed E-state index contributed by atoms with van der Waals surface area (Å²) < 4.78 is 5.58. The number of unbranched alkanes of at least 4 members (excludes halogenated alkanes) is 1. The maximum absolute atomic E-state index is 9.40. The van der Waals surface area contributed by atoms with E-state index >= 15 is 0 Å². The zero-order valence-corrected chi connectivity index (χ0v) is 17.9. The first-order valence-electron chi connectivity index (χ1n) is 9.47. The van der Waals surface area contributed by atoms with E-state index < -0.39 is 0 Å². The van der Waals surface area contributed by atoms with Crippen LogP contribution < -0.4 is 10.6 Å². The van der Waals surface area contributed by atoms with Gasteiger partial charge in [0.25, 0.3) is 0 Å². The number of rotatable bonds is 11. The minimum Gasteiger partial charge on any atom is -0.396 e. The van der Waals surface area contributed by atoms with Crippen molar-refractivity contribution in [3.8, 4) is 0 Å². The molecule has 0 aromatic carbocycles. The summed E-state index contributed by atoms with van der Waals surface area (Å²) in [6, 6.07) is 0. The topological polar surface area (TPSA) is 65.9 Å². The molecular formula is C18H38IN3O2. The molecule has 5 nitrogen and oxygen atoms in total. The van der Waals surface area contributed by atoms with Crippen molar-refractivity contribution in [1.82, 2.24) is 10.6 Å². The van der Waals surface area contributed by atoms with Crippen molar-refractivity contribution in [2.75, 3.05) is 39.5 Å². The van der Waals surface area contributed by atoms with Crippen molar-refractivity contribution in [2.45, 2.75) is 65.2 Å². The fourth-order valence-corrected chi connectivity index (χ4v) is 3.20. The summed E-state index contributed by atoms with van der Waals surface area (Å²) in [6.07, 6.45) is 9.41. The molecule has 0 saturated heterocycles. The Morgan fingerprint density at radius 1 is 1.12 bits per heavy atom. The van der Waals surface area contributed by atoms with Crippen LogP contribution in [0.3, 0.4) is 0 Å². The Labute approximate surface area is 165 Å². The summed E-state index contributed by atoms with van der Waals surface area (Å²) in [5, 5.41) is 16.1. The van der Waals surface area contributed by atoms with Crippen LogP contribution in [-0.4, -0.2) is 50.5 Å². The van der Waals surface area contributed by atoms with Crippen LogP contribution in [0.2, 0.25) is 0 Å². The van der Waals surface area contributed by atoms with Gasteiger partial charge in [0.05, 0.1) is 6.61 Å². The minimum absolute atomic E-state index is 0. The van der Waals surface area contributed by atoms with Gasteiger partial charge in [0.2, 0.25) is 0 Å². The number of ether oxygens (including phenoxy) is 1. The number of hydrogen-bond donors (Lipinski definition) is 3. The summed E-state index contributed by atoms with van der Waals surface area (Å²) in [4.78, 5) is 4.79. The van der Waals surface area contributed by atoms with Crippen molar-refractivity contribution >= 4 is 29.9 Å². The van der Waals surface area contributed by atoms with Gasteiger partial charge in [-0.25, -0.2) is 0 Å². The molecule has 0 spiro atoms. The molecule has 0 aromatic heterocycles. The molecule has 0 atom stereocenters. The third-order valence-corrected chi connectivity index (χ3v) is 4.65. The van der Waals surface area contributed by atoms with Crippen LogP contribution in [0.25, 0.3) is 0 Å². The number of nitrogens with zero attached hydrogens (tertiary/aromatic N) is 1. The summed E-state index contributed by atoms with van der Waals surface area (Å²) in [7, 11) is 0. The van der Waals surface area contributed by atoms with Gasteiger partial charge in [-0.2, -0.15) is 0 Å². The standard InChI is InChI=1S/C18H37N3O2.HI/c1-3-5-14-23-15-12-20-17(19-4-2)21-16-18(11-13-22)9-7-6-8-10-18;/h22H,3-16H2,1-2H3,(H2,19,20,21);1H. The van der Waals surface area contributed by atoms with E-state index in [-0.39, 0.29) is 36.0 Å². The van der Waals surface area contributed by atoms with Gasteiger partial charge in [0.1, 0.15) is 0 Å². The molecule has 0 heterocycles. The Hall–Kier alpha value is -0.0800. The van der Waals surface area contributed by atoms with Crippen molar-refractivity contribution < 1.29 is 9.84 Å². The Morgan fingerprint density at radius 3 is 2.50 bits per heavy atom. The summed E-state index contributed by atoms with van der Waals surface area (Å²) in [5.74, 6) is 0.870. The molecule has 1 aliphatic carbocycles. The lowest BCUT2D eigenvalue weighted by molar-refractivity contribution is 0.134. The Balaban J connectivity index is 0.00000529. The van der Waals surface area contributed by atoms with E-state index in [1.807, 2.05) is 0 Å². The van der Waals surface area contributed by atoms with Crippen LogP contribution in [0, 0.1) is 5.41 Å². The number of nitrogens with one attached hydrogen (secondary N) is 2. The third-order valence-electron chi connectivity index (χ3n) is 4.65. The summed E-state index contributed by atoms with van der Waals surface area (Å²) in [5.41, 5.74) is 0.201. The van der Waals surface area contributed by atoms with Gasteiger partial charge in [0, 0.05) is 32.8 Å². The first-order chi connectivity index (χ1) is 11.3. The van der Waals surface area contributed by atoms with Crippen molar-refractivity contribution in [2.24, 2.45) is 10.4 Å². The number of guanidine groups is 1. The van der Waals surface area contributed by atoms with E-state index in [1.165, 1.54) is 38.5 Å². The van der Waals surface area contributed by atoms with Crippen LogP contribution in [0.5, 0.6) is 0 Å². The Morgan fingerprint density at radius 2 is 1.88 bits per heavy atom. The summed E-state index contributed by atoms with van der Waals surface area (Å²) >= 11 is 0. The van der Waals surface area contributed by atoms with Crippen LogP contribution in [0.15, 0.2) is 4.99 Å². The van der Waals surface area contributed by atoms with Crippen molar-refractivity contribution in [3.63, 3.8) is 0 Å². The predicted octanol–water partition coefficient (Wildman–Crippen LogP) is 3.31. The molecule has 1 rings (SSSR count). The maximum atomic E-state index is 9.40. The molecule has 24 heavy (non-hydrogen) atoms. The zero-order chi connectivity index (χ0) is 16.8. The fraction of sp³-hybridized carbons (Fsp3) is 0.944. The van der Waals surface area contributed by atoms with E-state index in [0.717, 1.165) is 45.0 Å². The highest BCUT2D eigenvalue weighted by Crippen LogP contribution is 2.39. The predicted molar refractivity (Wildman–Crippen MR) is 112 cm³/mol. The van der Waals surface area contributed by atoms with E-state index in [2.05, 4.69) is 24.5 Å². The number of aliphatic imine (C=N–C) groups is 1.